The molecule has 2 aromatic carbocycles. The van der Waals surface area contributed by atoms with Crippen molar-refractivity contribution in [3.05, 3.63) is 65.2 Å². The van der Waals surface area contributed by atoms with Gasteiger partial charge in [0.15, 0.2) is 0 Å². The Morgan fingerprint density at radius 3 is 2.53 bits per heavy atom. The van der Waals surface area contributed by atoms with Crippen molar-refractivity contribution >= 4 is 0 Å². The summed E-state index contributed by atoms with van der Waals surface area (Å²) >= 11 is 0. The summed E-state index contributed by atoms with van der Waals surface area (Å²) in [4.78, 5) is 0. The van der Waals surface area contributed by atoms with Crippen LogP contribution in [0, 0.1) is 11.3 Å². The van der Waals surface area contributed by atoms with Gasteiger partial charge in [-0.2, -0.15) is 5.26 Å². The predicted octanol–water partition coefficient (Wildman–Crippen LogP) is 3.23. The smallest absolute Gasteiger partial charge is 0.124 e. The maximum absolute atomic E-state index is 9.40. The molecule has 0 N–H and O–H groups in total. The monoisotopic (exact) mass is 221 g/mol. The van der Waals surface area contributed by atoms with Gasteiger partial charge in [0.25, 0.3) is 0 Å². The summed E-state index contributed by atoms with van der Waals surface area (Å²) in [6.45, 7) is 0.533. The Kier molecular flexibility index (Phi) is 2.31. The third-order valence-corrected chi connectivity index (χ3v) is 3.11. The number of fused-ring (bicyclic) bond motifs is 2. The molecule has 0 aliphatic carbocycles. The number of rotatable bonds is 0. The zero-order valence-corrected chi connectivity index (χ0v) is 9.26. The van der Waals surface area contributed by atoms with Gasteiger partial charge in [-0.3, -0.25) is 0 Å². The number of nitriles is 1. The molecule has 1 heterocycles. The van der Waals surface area contributed by atoms with Crippen molar-refractivity contribution in [3.8, 4) is 11.8 Å². The fourth-order valence-electron chi connectivity index (χ4n) is 2.26. The molecular weight excluding hydrogens is 210 g/mol. The number of hydrogen-bond acceptors (Lipinski definition) is 2. The van der Waals surface area contributed by atoms with E-state index in [4.69, 9.17) is 4.74 Å². The number of para-hydroxylation sites is 1. The molecule has 0 aromatic heterocycles. The minimum absolute atomic E-state index is 0.232. The highest BCUT2D eigenvalue weighted by Gasteiger charge is 2.23. The molecule has 82 valence electrons. The van der Waals surface area contributed by atoms with E-state index in [0.717, 1.165) is 22.4 Å². The van der Waals surface area contributed by atoms with Crippen LogP contribution >= 0.6 is 0 Å². The second kappa shape index (κ2) is 3.95. The van der Waals surface area contributed by atoms with Gasteiger partial charge in [-0.15, -0.1) is 0 Å². The van der Waals surface area contributed by atoms with Crippen molar-refractivity contribution in [1.82, 2.24) is 0 Å². The maximum Gasteiger partial charge on any atom is 0.124 e. The van der Waals surface area contributed by atoms with Crippen LogP contribution in [-0.4, -0.2) is 0 Å². The molecule has 0 bridgehead atoms. The summed E-state index contributed by atoms with van der Waals surface area (Å²) in [7, 11) is 0. The second-order valence-electron chi connectivity index (χ2n) is 4.09. The van der Waals surface area contributed by atoms with Crippen molar-refractivity contribution in [2.45, 2.75) is 12.5 Å². The number of ether oxygens (including phenoxy) is 1. The molecule has 0 fully saturated rings. The fraction of sp³-hybridized carbons (Fsp3) is 0.133. The summed E-state index contributed by atoms with van der Waals surface area (Å²) in [5, 5.41) is 9.40. The number of hydrogen-bond donors (Lipinski definition) is 0. The van der Waals surface area contributed by atoms with E-state index in [1.165, 1.54) is 0 Å². The summed E-state index contributed by atoms with van der Waals surface area (Å²) in [6, 6.07) is 18.1. The van der Waals surface area contributed by atoms with Crippen LogP contribution in [0.25, 0.3) is 0 Å². The van der Waals surface area contributed by atoms with Crippen molar-refractivity contribution in [2.24, 2.45) is 0 Å². The average molecular weight is 221 g/mol. The zero-order chi connectivity index (χ0) is 11.7. The molecule has 1 aliphatic heterocycles. The van der Waals surface area contributed by atoms with Gasteiger partial charge >= 0.3 is 0 Å². The highest BCUT2D eigenvalue weighted by atomic mass is 16.5. The Morgan fingerprint density at radius 1 is 1.00 bits per heavy atom. The van der Waals surface area contributed by atoms with Crippen molar-refractivity contribution < 1.29 is 4.74 Å². The average Bonchev–Trinajstić information content (AvgIpc) is 2.55. The van der Waals surface area contributed by atoms with Gasteiger partial charge in [0.2, 0.25) is 0 Å². The molecule has 3 rings (SSSR count). The van der Waals surface area contributed by atoms with Gasteiger partial charge in [-0.1, -0.05) is 42.5 Å². The molecule has 0 amide bonds. The second-order valence-corrected chi connectivity index (χ2v) is 4.09. The third-order valence-electron chi connectivity index (χ3n) is 3.11. The quantitative estimate of drug-likeness (QED) is 0.684. The van der Waals surface area contributed by atoms with E-state index in [2.05, 4.69) is 6.07 Å². The van der Waals surface area contributed by atoms with Crippen LogP contribution in [-0.2, 0) is 6.61 Å². The lowest BCUT2D eigenvalue weighted by atomic mass is 9.90. The topological polar surface area (TPSA) is 33.0 Å². The Balaban J connectivity index is 2.23. The normalized spacial score (nSPS) is 17.0. The minimum atomic E-state index is -0.232. The van der Waals surface area contributed by atoms with Crippen LogP contribution in [0.15, 0.2) is 48.5 Å². The summed E-state index contributed by atoms with van der Waals surface area (Å²) in [5.74, 6) is 0.583. The fourth-order valence-corrected chi connectivity index (χ4v) is 2.26. The van der Waals surface area contributed by atoms with E-state index in [1.54, 1.807) is 0 Å². The zero-order valence-electron chi connectivity index (χ0n) is 9.26. The molecule has 17 heavy (non-hydrogen) atoms. The van der Waals surface area contributed by atoms with Gasteiger partial charge in [0.1, 0.15) is 18.3 Å². The Morgan fingerprint density at radius 2 is 1.71 bits per heavy atom. The standard InChI is InChI=1S/C15H11NO/c16-9-14-12-6-2-1-5-11(12)10-17-15-8-4-3-7-13(14)15/h1-8,14H,10H2. The largest absolute Gasteiger partial charge is 0.489 e. The van der Waals surface area contributed by atoms with Gasteiger partial charge in [-0.05, 0) is 17.2 Å². The van der Waals surface area contributed by atoms with Crippen LogP contribution < -0.4 is 4.74 Å². The molecule has 0 saturated heterocycles. The van der Waals surface area contributed by atoms with E-state index in [0.29, 0.717) is 6.61 Å². The highest BCUT2D eigenvalue weighted by Crippen LogP contribution is 2.36. The SMILES string of the molecule is N#CC1c2ccccc2COc2ccccc21. The molecule has 0 saturated carbocycles. The van der Waals surface area contributed by atoms with E-state index in [9.17, 15) is 5.26 Å². The first-order valence-corrected chi connectivity index (χ1v) is 5.59. The van der Waals surface area contributed by atoms with E-state index in [1.807, 2.05) is 48.5 Å². The van der Waals surface area contributed by atoms with Gasteiger partial charge < -0.3 is 4.74 Å². The minimum Gasteiger partial charge on any atom is -0.489 e. The lowest BCUT2D eigenvalue weighted by Gasteiger charge is -2.10. The molecule has 0 radical (unpaired) electrons. The molecule has 1 aliphatic rings. The van der Waals surface area contributed by atoms with E-state index < -0.39 is 0 Å². The molecule has 2 heteroatoms. The lowest BCUT2D eigenvalue weighted by Crippen LogP contribution is -1.99. The number of benzene rings is 2. The molecular formula is C15H11NO. The van der Waals surface area contributed by atoms with Crippen LogP contribution in [0.1, 0.15) is 22.6 Å². The Bertz CT molecular complexity index is 550. The summed E-state index contributed by atoms with van der Waals surface area (Å²) < 4.78 is 5.76. The lowest BCUT2D eigenvalue weighted by molar-refractivity contribution is 0.307. The molecule has 1 unspecified atom stereocenters. The molecule has 0 spiro atoms. The Labute approximate surface area is 100 Å². The van der Waals surface area contributed by atoms with Crippen LogP contribution in [0.5, 0.6) is 5.75 Å². The van der Waals surface area contributed by atoms with Crippen molar-refractivity contribution in [1.29, 1.82) is 5.26 Å². The van der Waals surface area contributed by atoms with Crippen molar-refractivity contribution in [3.63, 3.8) is 0 Å². The van der Waals surface area contributed by atoms with Crippen LogP contribution in [0.2, 0.25) is 0 Å². The first kappa shape index (κ1) is 9.92. The van der Waals surface area contributed by atoms with Crippen LogP contribution in [0.3, 0.4) is 0 Å². The predicted molar refractivity (Wildman–Crippen MR) is 64.7 cm³/mol. The van der Waals surface area contributed by atoms with E-state index in [-0.39, 0.29) is 5.92 Å². The Hall–Kier alpha value is -2.27. The van der Waals surface area contributed by atoms with Crippen molar-refractivity contribution in [2.75, 3.05) is 0 Å². The number of nitrogens with zero attached hydrogens (tertiary/aromatic N) is 1. The first-order valence-electron chi connectivity index (χ1n) is 5.59. The summed E-state index contributed by atoms with van der Waals surface area (Å²) in [5.41, 5.74) is 3.11. The highest BCUT2D eigenvalue weighted by molar-refractivity contribution is 5.50. The first-order chi connectivity index (χ1) is 8.40. The molecule has 2 aromatic rings. The molecule has 1 atom stereocenters. The molecule has 2 nitrogen and oxygen atoms in total. The maximum atomic E-state index is 9.40. The van der Waals surface area contributed by atoms with Gasteiger partial charge in [-0.25, -0.2) is 0 Å². The van der Waals surface area contributed by atoms with E-state index >= 15 is 0 Å². The van der Waals surface area contributed by atoms with Gasteiger partial charge in [0, 0.05) is 5.56 Å². The van der Waals surface area contributed by atoms with Crippen LogP contribution in [0.4, 0.5) is 0 Å². The third kappa shape index (κ3) is 1.57. The summed E-state index contributed by atoms with van der Waals surface area (Å²) in [6.07, 6.45) is 0. The van der Waals surface area contributed by atoms with Gasteiger partial charge in [0.05, 0.1) is 6.07 Å².